The van der Waals surface area contributed by atoms with Crippen molar-refractivity contribution in [3.63, 3.8) is 0 Å². The third kappa shape index (κ3) is 1.25. The zero-order valence-corrected chi connectivity index (χ0v) is 7.90. The van der Waals surface area contributed by atoms with Gasteiger partial charge in [0, 0.05) is 12.3 Å². The quantitative estimate of drug-likeness (QED) is 0.716. The summed E-state index contributed by atoms with van der Waals surface area (Å²) in [6, 6.07) is 0. The van der Waals surface area contributed by atoms with Gasteiger partial charge in [0.1, 0.15) is 5.78 Å². The predicted molar refractivity (Wildman–Crippen MR) is 47.9 cm³/mol. The van der Waals surface area contributed by atoms with E-state index >= 15 is 0 Å². The van der Waals surface area contributed by atoms with E-state index in [1.807, 2.05) is 0 Å². The van der Waals surface area contributed by atoms with Crippen LogP contribution in [0.3, 0.4) is 0 Å². The summed E-state index contributed by atoms with van der Waals surface area (Å²) in [5, 5.41) is 3.92. The molecular weight excluding hydrogens is 180 g/mol. The van der Waals surface area contributed by atoms with Crippen molar-refractivity contribution >= 4 is 5.78 Å². The Labute approximate surface area is 81.7 Å². The van der Waals surface area contributed by atoms with Gasteiger partial charge in [0.25, 0.3) is 0 Å². The lowest BCUT2D eigenvalue weighted by molar-refractivity contribution is -0.119. The third-order valence-electron chi connectivity index (χ3n) is 3.00. The van der Waals surface area contributed by atoms with E-state index in [0.717, 1.165) is 31.5 Å². The standard InChI is InChI=1S/C10H12N2O2/c13-8-3-1-2-7(8)10-11-9(12-14-10)6-4-5-6/h6-7H,1-5H2. The molecule has 1 atom stereocenters. The van der Waals surface area contributed by atoms with Gasteiger partial charge in [-0.1, -0.05) is 5.16 Å². The highest BCUT2D eigenvalue weighted by Gasteiger charge is 2.34. The lowest BCUT2D eigenvalue weighted by Gasteiger charge is -1.98. The van der Waals surface area contributed by atoms with Gasteiger partial charge in [-0.25, -0.2) is 0 Å². The fraction of sp³-hybridized carbons (Fsp3) is 0.700. The Kier molecular flexibility index (Phi) is 1.69. The van der Waals surface area contributed by atoms with Crippen molar-refractivity contribution in [3.8, 4) is 0 Å². The van der Waals surface area contributed by atoms with Crippen molar-refractivity contribution in [1.29, 1.82) is 0 Å². The first kappa shape index (κ1) is 8.15. The highest BCUT2D eigenvalue weighted by Crippen LogP contribution is 2.39. The lowest BCUT2D eigenvalue weighted by atomic mass is 10.1. The van der Waals surface area contributed by atoms with Crippen molar-refractivity contribution in [1.82, 2.24) is 10.1 Å². The van der Waals surface area contributed by atoms with Gasteiger partial charge < -0.3 is 4.52 Å². The Hall–Kier alpha value is -1.19. The summed E-state index contributed by atoms with van der Waals surface area (Å²) in [6.45, 7) is 0. The van der Waals surface area contributed by atoms with Crippen LogP contribution in [0.25, 0.3) is 0 Å². The molecule has 4 nitrogen and oxygen atoms in total. The van der Waals surface area contributed by atoms with E-state index in [2.05, 4.69) is 10.1 Å². The van der Waals surface area contributed by atoms with Gasteiger partial charge in [-0.3, -0.25) is 4.79 Å². The molecule has 0 aliphatic heterocycles. The Morgan fingerprint density at radius 3 is 2.79 bits per heavy atom. The first-order valence-electron chi connectivity index (χ1n) is 5.21. The molecule has 1 aromatic rings. The minimum absolute atomic E-state index is 0.102. The summed E-state index contributed by atoms with van der Waals surface area (Å²) < 4.78 is 5.14. The summed E-state index contributed by atoms with van der Waals surface area (Å²) in [5.74, 6) is 2.02. The molecule has 0 saturated heterocycles. The minimum Gasteiger partial charge on any atom is -0.339 e. The monoisotopic (exact) mass is 192 g/mol. The van der Waals surface area contributed by atoms with Gasteiger partial charge in [-0.15, -0.1) is 0 Å². The van der Waals surface area contributed by atoms with Gasteiger partial charge >= 0.3 is 0 Å². The van der Waals surface area contributed by atoms with Gasteiger partial charge in [0.15, 0.2) is 5.82 Å². The Bertz CT molecular complexity index is 368. The molecule has 0 N–H and O–H groups in total. The summed E-state index contributed by atoms with van der Waals surface area (Å²) >= 11 is 0. The van der Waals surface area contributed by atoms with E-state index in [-0.39, 0.29) is 11.7 Å². The van der Waals surface area contributed by atoms with Crippen LogP contribution >= 0.6 is 0 Å². The number of Topliss-reactive ketones (excluding diaryl/α,β-unsaturated/α-hetero) is 1. The molecule has 0 amide bonds. The number of nitrogens with zero attached hydrogens (tertiary/aromatic N) is 2. The number of aromatic nitrogens is 2. The maximum absolute atomic E-state index is 11.4. The molecule has 0 radical (unpaired) electrons. The number of rotatable bonds is 2. The van der Waals surface area contributed by atoms with Crippen LogP contribution in [0.15, 0.2) is 4.52 Å². The maximum atomic E-state index is 11.4. The second kappa shape index (κ2) is 2.90. The zero-order valence-electron chi connectivity index (χ0n) is 7.90. The highest BCUT2D eigenvalue weighted by atomic mass is 16.5. The van der Waals surface area contributed by atoms with Crippen LogP contribution in [0.5, 0.6) is 0 Å². The van der Waals surface area contributed by atoms with Crippen LogP contribution in [0.2, 0.25) is 0 Å². The van der Waals surface area contributed by atoms with E-state index in [1.54, 1.807) is 0 Å². The molecule has 2 saturated carbocycles. The lowest BCUT2D eigenvalue weighted by Crippen LogP contribution is -2.04. The first-order valence-corrected chi connectivity index (χ1v) is 5.21. The molecule has 0 bridgehead atoms. The molecular formula is C10H12N2O2. The normalized spacial score (nSPS) is 27.1. The molecule has 3 rings (SSSR count). The second-order valence-electron chi connectivity index (χ2n) is 4.18. The fourth-order valence-electron chi connectivity index (χ4n) is 1.97. The Balaban J connectivity index is 1.84. The van der Waals surface area contributed by atoms with Gasteiger partial charge in [-0.05, 0) is 25.7 Å². The van der Waals surface area contributed by atoms with E-state index in [4.69, 9.17) is 4.52 Å². The van der Waals surface area contributed by atoms with Crippen LogP contribution in [-0.4, -0.2) is 15.9 Å². The molecule has 4 heteroatoms. The smallest absolute Gasteiger partial charge is 0.237 e. The summed E-state index contributed by atoms with van der Waals surface area (Å²) in [5.41, 5.74) is 0. The van der Waals surface area contributed by atoms with E-state index in [1.165, 1.54) is 0 Å². The summed E-state index contributed by atoms with van der Waals surface area (Å²) in [7, 11) is 0. The molecule has 2 fully saturated rings. The van der Waals surface area contributed by atoms with Crippen molar-refractivity contribution < 1.29 is 9.32 Å². The zero-order chi connectivity index (χ0) is 9.54. The van der Waals surface area contributed by atoms with Gasteiger partial charge in [-0.2, -0.15) is 4.98 Å². The second-order valence-corrected chi connectivity index (χ2v) is 4.18. The molecule has 1 aromatic heterocycles. The average Bonchev–Trinajstić information content (AvgIpc) is 2.75. The van der Waals surface area contributed by atoms with Crippen molar-refractivity contribution in [2.75, 3.05) is 0 Å². The van der Waals surface area contributed by atoms with E-state index < -0.39 is 0 Å². The SMILES string of the molecule is O=C1CCCC1c1nc(C2CC2)no1. The van der Waals surface area contributed by atoms with Crippen LogP contribution in [0.1, 0.15) is 55.7 Å². The summed E-state index contributed by atoms with van der Waals surface area (Å²) in [4.78, 5) is 15.7. The van der Waals surface area contributed by atoms with Gasteiger partial charge in [0.2, 0.25) is 5.89 Å². The highest BCUT2D eigenvalue weighted by molar-refractivity contribution is 5.86. The number of ketones is 1. The maximum Gasteiger partial charge on any atom is 0.237 e. The largest absolute Gasteiger partial charge is 0.339 e. The molecule has 74 valence electrons. The molecule has 2 aliphatic carbocycles. The molecule has 1 unspecified atom stereocenters. The van der Waals surface area contributed by atoms with Crippen molar-refractivity contribution in [2.45, 2.75) is 43.9 Å². The first-order chi connectivity index (χ1) is 6.84. The molecule has 1 heterocycles. The van der Waals surface area contributed by atoms with Crippen molar-refractivity contribution in [2.24, 2.45) is 0 Å². The molecule has 0 spiro atoms. The van der Waals surface area contributed by atoms with Crippen LogP contribution in [-0.2, 0) is 4.79 Å². The number of hydrogen-bond acceptors (Lipinski definition) is 4. The predicted octanol–water partition coefficient (Wildman–Crippen LogP) is 1.78. The topological polar surface area (TPSA) is 56.0 Å². The average molecular weight is 192 g/mol. The molecule has 2 aliphatic rings. The van der Waals surface area contributed by atoms with E-state index in [0.29, 0.717) is 18.2 Å². The number of carbonyl (C=O) groups is 1. The minimum atomic E-state index is -0.102. The van der Waals surface area contributed by atoms with E-state index in [9.17, 15) is 4.79 Å². The van der Waals surface area contributed by atoms with Crippen LogP contribution in [0.4, 0.5) is 0 Å². The van der Waals surface area contributed by atoms with Crippen molar-refractivity contribution in [3.05, 3.63) is 11.7 Å². The number of hydrogen-bond donors (Lipinski definition) is 0. The summed E-state index contributed by atoms with van der Waals surface area (Å²) in [6.07, 6.45) is 4.84. The molecule has 14 heavy (non-hydrogen) atoms. The Morgan fingerprint density at radius 1 is 1.29 bits per heavy atom. The van der Waals surface area contributed by atoms with Crippen LogP contribution in [0, 0.1) is 0 Å². The fourth-order valence-corrected chi connectivity index (χ4v) is 1.97. The third-order valence-corrected chi connectivity index (χ3v) is 3.00. The molecule has 0 aromatic carbocycles. The Morgan fingerprint density at radius 2 is 2.14 bits per heavy atom. The number of carbonyl (C=O) groups excluding carboxylic acids is 1. The van der Waals surface area contributed by atoms with Crippen LogP contribution < -0.4 is 0 Å². The van der Waals surface area contributed by atoms with Gasteiger partial charge in [0.05, 0.1) is 5.92 Å².